The van der Waals surface area contributed by atoms with Crippen LogP contribution in [-0.2, 0) is 11.3 Å². The summed E-state index contributed by atoms with van der Waals surface area (Å²) >= 11 is 0. The summed E-state index contributed by atoms with van der Waals surface area (Å²) in [5.74, 6) is -1.71. The molecule has 2 aliphatic heterocycles. The van der Waals surface area contributed by atoms with Crippen LogP contribution in [0.4, 0.5) is 20.2 Å². The van der Waals surface area contributed by atoms with Crippen LogP contribution in [-0.4, -0.2) is 49.7 Å². The van der Waals surface area contributed by atoms with E-state index in [1.807, 2.05) is 24.3 Å². The lowest BCUT2D eigenvalue weighted by Crippen LogP contribution is -2.64. The average Bonchev–Trinajstić information content (AvgIpc) is 2.91. The van der Waals surface area contributed by atoms with Gasteiger partial charge in [0.15, 0.2) is 11.6 Å². The van der Waals surface area contributed by atoms with Crippen LogP contribution in [0.1, 0.15) is 39.1 Å². The van der Waals surface area contributed by atoms with E-state index in [0.29, 0.717) is 60.6 Å². The molecule has 37 heavy (non-hydrogen) atoms. The molecule has 3 aromatic rings. The predicted octanol–water partition coefficient (Wildman–Crippen LogP) is 4.82. The van der Waals surface area contributed by atoms with E-state index in [4.69, 9.17) is 9.47 Å². The minimum Gasteiger partial charge on any atom is -0.497 e. The third kappa shape index (κ3) is 4.62. The highest BCUT2D eigenvalue weighted by Crippen LogP contribution is 2.41. The quantitative estimate of drug-likeness (QED) is 0.499. The molecule has 0 radical (unpaired) electrons. The van der Waals surface area contributed by atoms with E-state index in [9.17, 15) is 18.4 Å². The molecule has 9 heteroatoms. The summed E-state index contributed by atoms with van der Waals surface area (Å²) in [5.41, 5.74) is 2.03. The first kappa shape index (κ1) is 24.7. The number of halogens is 2. The van der Waals surface area contributed by atoms with Crippen molar-refractivity contribution in [2.45, 2.75) is 25.0 Å². The molecule has 2 aliphatic rings. The predicted molar refractivity (Wildman–Crippen MR) is 135 cm³/mol. The van der Waals surface area contributed by atoms with Crippen molar-refractivity contribution in [3.63, 3.8) is 0 Å². The molecule has 1 amide bonds. The van der Waals surface area contributed by atoms with E-state index < -0.39 is 23.3 Å². The largest absolute Gasteiger partial charge is 0.497 e. The van der Waals surface area contributed by atoms with Crippen LogP contribution < -0.4 is 15.0 Å². The van der Waals surface area contributed by atoms with Crippen molar-refractivity contribution >= 4 is 23.3 Å². The molecule has 1 fully saturated rings. The molecule has 1 spiro atoms. The van der Waals surface area contributed by atoms with Crippen LogP contribution in [0.15, 0.2) is 60.7 Å². The van der Waals surface area contributed by atoms with Gasteiger partial charge in [0.05, 0.1) is 25.3 Å². The number of hydrogen-bond donors (Lipinski definition) is 1. The summed E-state index contributed by atoms with van der Waals surface area (Å²) < 4.78 is 37.2. The van der Waals surface area contributed by atoms with E-state index in [-0.39, 0.29) is 5.91 Å². The van der Waals surface area contributed by atoms with Gasteiger partial charge in [-0.2, -0.15) is 0 Å². The number of anilines is 2. The summed E-state index contributed by atoms with van der Waals surface area (Å²) in [6.07, 6.45) is 1.13. The lowest BCUT2D eigenvalue weighted by molar-refractivity contribution is 0.0600. The topological polar surface area (TPSA) is 71.1 Å². The maximum atomic E-state index is 13.9. The summed E-state index contributed by atoms with van der Waals surface area (Å²) in [7, 11) is 2.90. The van der Waals surface area contributed by atoms with Crippen molar-refractivity contribution in [3.05, 3.63) is 89.0 Å². The number of carbonyl (C=O) groups excluding carboxylic acids is 2. The fraction of sp³-hybridized carbons (Fsp3) is 0.286. The van der Waals surface area contributed by atoms with Crippen LogP contribution >= 0.6 is 0 Å². The van der Waals surface area contributed by atoms with Gasteiger partial charge in [0.2, 0.25) is 0 Å². The third-order valence-electron chi connectivity index (χ3n) is 7.07. The molecule has 0 aromatic heterocycles. The Balaban J connectivity index is 1.47. The number of likely N-dealkylation sites (tertiary alicyclic amines) is 1. The van der Waals surface area contributed by atoms with Gasteiger partial charge in [-0.1, -0.05) is 6.07 Å². The summed E-state index contributed by atoms with van der Waals surface area (Å²) in [6, 6.07) is 16.1. The molecule has 5 rings (SSSR count). The molecule has 3 aromatic carbocycles. The van der Waals surface area contributed by atoms with E-state index in [2.05, 4.69) is 10.2 Å². The number of methoxy groups -OCH3 is 2. The normalized spacial score (nSPS) is 16.8. The van der Waals surface area contributed by atoms with Crippen molar-refractivity contribution in [3.8, 4) is 5.75 Å². The Labute approximate surface area is 213 Å². The van der Waals surface area contributed by atoms with E-state index in [1.54, 1.807) is 36.3 Å². The smallest absolute Gasteiger partial charge is 0.337 e. The van der Waals surface area contributed by atoms with E-state index in [1.165, 1.54) is 13.2 Å². The molecule has 2 heterocycles. The van der Waals surface area contributed by atoms with Crippen LogP contribution in [0.2, 0.25) is 0 Å². The van der Waals surface area contributed by atoms with Gasteiger partial charge in [-0.05, 0) is 60.2 Å². The first-order valence-corrected chi connectivity index (χ1v) is 12.0. The number of carbonyl (C=O) groups is 2. The number of fused-ring (bicyclic) bond motifs is 1. The van der Waals surface area contributed by atoms with Crippen molar-refractivity contribution in [1.29, 1.82) is 0 Å². The van der Waals surface area contributed by atoms with Gasteiger partial charge in [-0.15, -0.1) is 0 Å². The van der Waals surface area contributed by atoms with E-state index >= 15 is 0 Å². The molecule has 0 bridgehead atoms. The molecular weight excluding hydrogens is 480 g/mol. The average molecular weight is 508 g/mol. The maximum Gasteiger partial charge on any atom is 0.337 e. The monoisotopic (exact) mass is 507 g/mol. The first-order valence-electron chi connectivity index (χ1n) is 12.0. The zero-order chi connectivity index (χ0) is 26.2. The molecule has 0 atom stereocenters. The highest BCUT2D eigenvalue weighted by Gasteiger charge is 2.47. The number of hydrogen-bond acceptors (Lipinski definition) is 6. The molecule has 192 valence electrons. The van der Waals surface area contributed by atoms with Gasteiger partial charge in [0, 0.05) is 43.9 Å². The second kappa shape index (κ2) is 9.82. The second-order valence-corrected chi connectivity index (χ2v) is 9.27. The van der Waals surface area contributed by atoms with Crippen molar-refractivity contribution in [2.24, 2.45) is 0 Å². The molecule has 0 saturated carbocycles. The fourth-order valence-corrected chi connectivity index (χ4v) is 5.12. The lowest BCUT2D eigenvalue weighted by atomic mass is 9.88. The van der Waals surface area contributed by atoms with Gasteiger partial charge >= 0.3 is 5.97 Å². The van der Waals surface area contributed by atoms with Gasteiger partial charge in [-0.25, -0.2) is 13.6 Å². The highest BCUT2D eigenvalue weighted by atomic mass is 19.2. The number of benzene rings is 3. The van der Waals surface area contributed by atoms with Gasteiger partial charge in [0.1, 0.15) is 11.4 Å². The SMILES string of the molecule is COC(=O)c1ccc2c(c1)NC1(CCN(Cc3ccc(F)c(F)c3)CC1)N(c1ccc(OC)cc1)C2=O. The molecular formula is C28H27F2N3O4. The summed E-state index contributed by atoms with van der Waals surface area (Å²) in [5, 5.41) is 3.57. The van der Waals surface area contributed by atoms with Crippen LogP contribution in [0, 0.1) is 11.6 Å². The minimum absolute atomic E-state index is 0.176. The number of nitrogens with zero attached hydrogens (tertiary/aromatic N) is 2. The Morgan fingerprint density at radius 3 is 2.35 bits per heavy atom. The molecule has 1 N–H and O–H groups in total. The standard InChI is InChI=1S/C28H27F2N3O4/c1-36-21-7-5-20(6-8-21)33-26(34)22-9-4-19(27(35)37-2)16-25(22)31-28(33)11-13-32(14-12-28)17-18-3-10-23(29)24(30)15-18/h3-10,15-16,31H,11-14,17H2,1-2H3. The molecule has 7 nitrogen and oxygen atoms in total. The van der Waals surface area contributed by atoms with Gasteiger partial charge in [0.25, 0.3) is 5.91 Å². The zero-order valence-corrected chi connectivity index (χ0v) is 20.6. The Hall–Kier alpha value is -3.98. The number of ether oxygens (including phenoxy) is 2. The van der Waals surface area contributed by atoms with Crippen LogP contribution in [0.5, 0.6) is 5.75 Å². The Bertz CT molecular complexity index is 1340. The van der Waals surface area contributed by atoms with Crippen molar-refractivity contribution < 1.29 is 27.8 Å². The number of rotatable bonds is 5. The first-order chi connectivity index (χ1) is 17.8. The zero-order valence-electron chi connectivity index (χ0n) is 20.6. The molecule has 0 aliphatic carbocycles. The number of amides is 1. The Morgan fingerprint density at radius 2 is 1.70 bits per heavy atom. The number of piperidine rings is 1. The summed E-state index contributed by atoms with van der Waals surface area (Å²) in [4.78, 5) is 30.0. The minimum atomic E-state index is -0.869. The van der Waals surface area contributed by atoms with Crippen LogP contribution in [0.25, 0.3) is 0 Å². The fourth-order valence-electron chi connectivity index (χ4n) is 5.12. The number of esters is 1. The Morgan fingerprint density at radius 1 is 0.973 bits per heavy atom. The maximum absolute atomic E-state index is 13.9. The molecule has 0 unspecified atom stereocenters. The third-order valence-corrected chi connectivity index (χ3v) is 7.07. The van der Waals surface area contributed by atoms with E-state index in [0.717, 1.165) is 11.8 Å². The van der Waals surface area contributed by atoms with Gasteiger partial charge < -0.3 is 14.8 Å². The summed E-state index contributed by atoms with van der Waals surface area (Å²) in [6.45, 7) is 1.68. The number of nitrogens with one attached hydrogen (secondary N) is 1. The van der Waals surface area contributed by atoms with Gasteiger partial charge in [-0.3, -0.25) is 14.6 Å². The van der Waals surface area contributed by atoms with Crippen LogP contribution in [0.3, 0.4) is 0 Å². The van der Waals surface area contributed by atoms with Crippen molar-refractivity contribution in [2.75, 3.05) is 37.5 Å². The lowest BCUT2D eigenvalue weighted by Gasteiger charge is -2.52. The highest BCUT2D eigenvalue weighted by molar-refractivity contribution is 6.13. The molecule has 1 saturated heterocycles. The second-order valence-electron chi connectivity index (χ2n) is 9.27. The van der Waals surface area contributed by atoms with Crippen molar-refractivity contribution in [1.82, 2.24) is 4.90 Å². The Kier molecular flexibility index (Phi) is 6.55.